The average Bonchev–Trinajstić information content (AvgIpc) is 2.42. The van der Waals surface area contributed by atoms with Gasteiger partial charge in [0.25, 0.3) is 5.91 Å². The van der Waals surface area contributed by atoms with E-state index in [9.17, 15) is 4.79 Å². The van der Waals surface area contributed by atoms with Gasteiger partial charge in [-0.25, -0.2) is 0 Å². The van der Waals surface area contributed by atoms with E-state index in [4.69, 9.17) is 11.6 Å². The van der Waals surface area contributed by atoms with Crippen LogP contribution in [-0.2, 0) is 6.42 Å². The fourth-order valence-electron chi connectivity index (χ4n) is 1.78. The third kappa shape index (κ3) is 3.37. The molecule has 0 spiro atoms. The topological polar surface area (TPSA) is 29.1 Å². The Morgan fingerprint density at radius 1 is 1.26 bits per heavy atom. The van der Waals surface area contributed by atoms with Gasteiger partial charge in [-0.15, -0.1) is 0 Å². The molecule has 98 valence electrons. The van der Waals surface area contributed by atoms with Crippen molar-refractivity contribution in [2.75, 3.05) is 5.32 Å². The third-order valence-electron chi connectivity index (χ3n) is 2.83. The first-order chi connectivity index (χ1) is 9.11. The molecule has 0 saturated heterocycles. The van der Waals surface area contributed by atoms with Crippen molar-refractivity contribution in [3.05, 3.63) is 63.1 Å². The van der Waals surface area contributed by atoms with Crippen LogP contribution < -0.4 is 5.32 Å². The number of amides is 1. The highest BCUT2D eigenvalue weighted by Gasteiger charge is 2.09. The number of carbonyl (C=O) groups is 1. The van der Waals surface area contributed by atoms with Crippen molar-refractivity contribution in [2.45, 2.75) is 13.3 Å². The molecule has 0 aromatic heterocycles. The molecule has 2 rings (SSSR count). The van der Waals surface area contributed by atoms with Gasteiger partial charge in [-0.1, -0.05) is 36.7 Å². The summed E-state index contributed by atoms with van der Waals surface area (Å²) in [4.78, 5) is 12.2. The van der Waals surface area contributed by atoms with Crippen LogP contribution in [0, 0.1) is 0 Å². The van der Waals surface area contributed by atoms with Crippen molar-refractivity contribution in [3.8, 4) is 0 Å². The SMILES string of the molecule is CCc1ccccc1NC(=O)c1ccc(Cl)c(Br)c1. The molecule has 1 amide bonds. The normalized spacial score (nSPS) is 10.3. The molecule has 0 aliphatic rings. The summed E-state index contributed by atoms with van der Waals surface area (Å²) >= 11 is 9.23. The molecule has 0 unspecified atom stereocenters. The van der Waals surface area contributed by atoms with Crippen molar-refractivity contribution >= 4 is 39.1 Å². The minimum absolute atomic E-state index is 0.140. The predicted molar refractivity (Wildman–Crippen MR) is 82.9 cm³/mol. The molecular weight excluding hydrogens is 326 g/mol. The van der Waals surface area contributed by atoms with Crippen molar-refractivity contribution in [1.29, 1.82) is 0 Å². The van der Waals surface area contributed by atoms with Gasteiger partial charge < -0.3 is 5.32 Å². The first-order valence-corrected chi connectivity index (χ1v) is 7.13. The van der Waals surface area contributed by atoms with Crippen LogP contribution in [0.4, 0.5) is 5.69 Å². The summed E-state index contributed by atoms with van der Waals surface area (Å²) in [5.41, 5.74) is 2.53. The summed E-state index contributed by atoms with van der Waals surface area (Å²) in [6.45, 7) is 2.06. The van der Waals surface area contributed by atoms with E-state index < -0.39 is 0 Å². The summed E-state index contributed by atoms with van der Waals surface area (Å²) in [5, 5.41) is 3.51. The Bertz CT molecular complexity index is 613. The van der Waals surface area contributed by atoms with Gasteiger partial charge >= 0.3 is 0 Å². The van der Waals surface area contributed by atoms with Crippen molar-refractivity contribution in [2.24, 2.45) is 0 Å². The summed E-state index contributed by atoms with van der Waals surface area (Å²) in [7, 11) is 0. The van der Waals surface area contributed by atoms with Crippen molar-refractivity contribution in [1.82, 2.24) is 0 Å². The van der Waals surface area contributed by atoms with Crippen LogP contribution in [0.2, 0.25) is 5.02 Å². The molecule has 19 heavy (non-hydrogen) atoms. The lowest BCUT2D eigenvalue weighted by Crippen LogP contribution is -2.13. The fraction of sp³-hybridized carbons (Fsp3) is 0.133. The van der Waals surface area contributed by atoms with Crippen LogP contribution in [-0.4, -0.2) is 5.91 Å². The number of para-hydroxylation sites is 1. The molecule has 2 aromatic carbocycles. The Labute approximate surface area is 125 Å². The maximum atomic E-state index is 12.2. The van der Waals surface area contributed by atoms with Gasteiger partial charge in [0.2, 0.25) is 0 Å². The first-order valence-electron chi connectivity index (χ1n) is 5.96. The van der Waals surface area contributed by atoms with Gasteiger partial charge in [-0.3, -0.25) is 4.79 Å². The van der Waals surface area contributed by atoms with Crippen LogP contribution in [0.3, 0.4) is 0 Å². The van der Waals surface area contributed by atoms with E-state index in [2.05, 4.69) is 28.2 Å². The van der Waals surface area contributed by atoms with E-state index in [0.717, 1.165) is 17.7 Å². The summed E-state index contributed by atoms with van der Waals surface area (Å²) in [6, 6.07) is 12.9. The molecule has 0 aliphatic carbocycles. The van der Waals surface area contributed by atoms with Gasteiger partial charge in [0.05, 0.1) is 5.02 Å². The molecule has 0 aliphatic heterocycles. The monoisotopic (exact) mass is 337 g/mol. The Morgan fingerprint density at radius 2 is 2.00 bits per heavy atom. The number of benzene rings is 2. The van der Waals surface area contributed by atoms with Crippen LogP contribution in [0.15, 0.2) is 46.9 Å². The number of hydrogen-bond donors (Lipinski definition) is 1. The Balaban J connectivity index is 2.23. The van der Waals surface area contributed by atoms with E-state index >= 15 is 0 Å². The molecule has 0 heterocycles. The lowest BCUT2D eigenvalue weighted by molar-refractivity contribution is 0.102. The molecule has 0 saturated carbocycles. The van der Waals surface area contributed by atoms with Crippen LogP contribution in [0.1, 0.15) is 22.8 Å². The lowest BCUT2D eigenvalue weighted by atomic mass is 10.1. The van der Waals surface area contributed by atoms with E-state index in [0.29, 0.717) is 15.1 Å². The summed E-state index contributed by atoms with van der Waals surface area (Å²) in [6.07, 6.45) is 0.876. The second-order valence-electron chi connectivity index (χ2n) is 4.09. The van der Waals surface area contributed by atoms with Crippen LogP contribution in [0.25, 0.3) is 0 Å². The molecule has 0 atom stereocenters. The van der Waals surface area contributed by atoms with Gasteiger partial charge in [-0.05, 0) is 52.2 Å². The van der Waals surface area contributed by atoms with E-state index in [-0.39, 0.29) is 5.91 Å². The maximum Gasteiger partial charge on any atom is 0.255 e. The molecule has 2 aromatic rings. The Morgan fingerprint density at radius 3 is 2.68 bits per heavy atom. The number of aryl methyl sites for hydroxylation is 1. The highest BCUT2D eigenvalue weighted by atomic mass is 79.9. The largest absolute Gasteiger partial charge is 0.322 e. The standard InChI is InChI=1S/C15H13BrClNO/c1-2-10-5-3-4-6-14(10)18-15(19)11-7-8-13(17)12(16)9-11/h3-9H,2H2,1H3,(H,18,19). The number of rotatable bonds is 3. The average molecular weight is 339 g/mol. The molecule has 2 nitrogen and oxygen atoms in total. The molecule has 0 fully saturated rings. The fourth-order valence-corrected chi connectivity index (χ4v) is 2.28. The number of halogens is 2. The van der Waals surface area contributed by atoms with E-state index in [1.807, 2.05) is 24.3 Å². The smallest absolute Gasteiger partial charge is 0.255 e. The van der Waals surface area contributed by atoms with Crippen molar-refractivity contribution in [3.63, 3.8) is 0 Å². The second kappa shape index (κ2) is 6.22. The third-order valence-corrected chi connectivity index (χ3v) is 4.04. The molecule has 4 heteroatoms. The van der Waals surface area contributed by atoms with Crippen molar-refractivity contribution < 1.29 is 4.79 Å². The lowest BCUT2D eigenvalue weighted by Gasteiger charge is -2.10. The number of hydrogen-bond acceptors (Lipinski definition) is 1. The van der Waals surface area contributed by atoms with Gasteiger partial charge in [0.15, 0.2) is 0 Å². The number of carbonyl (C=O) groups excluding carboxylic acids is 1. The summed E-state index contributed by atoms with van der Waals surface area (Å²) < 4.78 is 0.714. The van der Waals surface area contributed by atoms with Crippen LogP contribution >= 0.6 is 27.5 Å². The van der Waals surface area contributed by atoms with E-state index in [1.54, 1.807) is 18.2 Å². The molecule has 0 bridgehead atoms. The zero-order valence-electron chi connectivity index (χ0n) is 10.4. The van der Waals surface area contributed by atoms with Crippen LogP contribution in [0.5, 0.6) is 0 Å². The van der Waals surface area contributed by atoms with Gasteiger partial charge in [0, 0.05) is 15.7 Å². The number of nitrogens with one attached hydrogen (secondary N) is 1. The minimum Gasteiger partial charge on any atom is -0.322 e. The minimum atomic E-state index is -0.140. The Hall–Kier alpha value is -1.32. The highest BCUT2D eigenvalue weighted by molar-refractivity contribution is 9.10. The highest BCUT2D eigenvalue weighted by Crippen LogP contribution is 2.24. The predicted octanol–water partition coefficient (Wildman–Crippen LogP) is 4.92. The zero-order valence-corrected chi connectivity index (χ0v) is 12.8. The maximum absolute atomic E-state index is 12.2. The first kappa shape index (κ1) is 14.1. The summed E-state index contributed by atoms with van der Waals surface area (Å²) in [5.74, 6) is -0.140. The van der Waals surface area contributed by atoms with Gasteiger partial charge in [-0.2, -0.15) is 0 Å². The molecular formula is C15H13BrClNO. The van der Waals surface area contributed by atoms with Gasteiger partial charge in [0.1, 0.15) is 0 Å². The zero-order chi connectivity index (χ0) is 13.8. The molecule has 1 N–H and O–H groups in total. The molecule has 0 radical (unpaired) electrons. The second-order valence-corrected chi connectivity index (χ2v) is 5.36. The Kier molecular flexibility index (Phi) is 4.61. The quantitative estimate of drug-likeness (QED) is 0.846. The van der Waals surface area contributed by atoms with E-state index in [1.165, 1.54) is 0 Å². The number of anilines is 1.